The molecule has 0 radical (unpaired) electrons. The minimum atomic E-state index is 0.273. The second-order valence-electron chi connectivity index (χ2n) is 4.45. The van der Waals surface area contributed by atoms with E-state index >= 15 is 0 Å². The Balaban J connectivity index is 2.95. The first-order valence-corrected chi connectivity index (χ1v) is 7.71. The summed E-state index contributed by atoms with van der Waals surface area (Å²) in [6.45, 7) is 4.45. The van der Waals surface area contributed by atoms with Crippen LogP contribution in [0.5, 0.6) is 5.75 Å². The van der Waals surface area contributed by atoms with E-state index in [4.69, 9.17) is 16.3 Å². The van der Waals surface area contributed by atoms with Gasteiger partial charge in [0.2, 0.25) is 0 Å². The molecule has 1 unspecified atom stereocenters. The molecular formula is C13H17Br2ClO. The molecule has 0 fully saturated rings. The van der Waals surface area contributed by atoms with Crippen molar-refractivity contribution in [1.82, 2.24) is 0 Å². The molecule has 96 valence electrons. The Bertz CT molecular complexity index is 380. The number of methoxy groups -OCH3 is 1. The first-order chi connectivity index (χ1) is 7.95. The standard InChI is InChI=1S/C13H17Br2ClO/c1-8(2)4-5-11(14)10-6-9(16)7-12(15)13(10)17-3/h6-8,11H,4-5H2,1-3H3. The minimum absolute atomic E-state index is 0.273. The van der Waals surface area contributed by atoms with Gasteiger partial charge >= 0.3 is 0 Å². The lowest BCUT2D eigenvalue weighted by molar-refractivity contribution is 0.405. The fraction of sp³-hybridized carbons (Fsp3) is 0.538. The SMILES string of the molecule is COc1c(Br)cc(Cl)cc1C(Br)CCC(C)C. The van der Waals surface area contributed by atoms with E-state index in [1.807, 2.05) is 12.1 Å². The predicted molar refractivity (Wildman–Crippen MR) is 81.4 cm³/mol. The van der Waals surface area contributed by atoms with Crippen molar-refractivity contribution in [3.8, 4) is 5.75 Å². The summed E-state index contributed by atoms with van der Waals surface area (Å²) in [6, 6.07) is 3.82. The molecule has 0 heterocycles. The molecule has 0 bridgehead atoms. The molecule has 1 aromatic rings. The molecule has 0 saturated carbocycles. The molecule has 0 aliphatic rings. The van der Waals surface area contributed by atoms with E-state index in [-0.39, 0.29) is 4.83 Å². The number of rotatable bonds is 5. The molecule has 0 aliphatic carbocycles. The monoisotopic (exact) mass is 382 g/mol. The van der Waals surface area contributed by atoms with Crippen molar-refractivity contribution in [2.75, 3.05) is 7.11 Å². The highest BCUT2D eigenvalue weighted by Gasteiger charge is 2.17. The zero-order chi connectivity index (χ0) is 13.0. The average molecular weight is 385 g/mol. The molecule has 0 aromatic heterocycles. The topological polar surface area (TPSA) is 9.23 Å². The molecular weight excluding hydrogens is 367 g/mol. The van der Waals surface area contributed by atoms with Crippen LogP contribution in [0.25, 0.3) is 0 Å². The van der Waals surface area contributed by atoms with Gasteiger partial charge in [0.15, 0.2) is 0 Å². The predicted octanol–water partition coefficient (Wildman–Crippen LogP) is 5.98. The van der Waals surface area contributed by atoms with Crippen molar-refractivity contribution in [2.24, 2.45) is 5.92 Å². The van der Waals surface area contributed by atoms with Gasteiger partial charge in [0.05, 0.1) is 11.6 Å². The Kier molecular flexibility index (Phi) is 6.32. The number of ether oxygens (including phenoxy) is 1. The van der Waals surface area contributed by atoms with Gasteiger partial charge in [-0.3, -0.25) is 0 Å². The molecule has 0 spiro atoms. The number of benzene rings is 1. The van der Waals surface area contributed by atoms with Gasteiger partial charge < -0.3 is 4.74 Å². The first-order valence-electron chi connectivity index (χ1n) is 5.62. The zero-order valence-corrected chi connectivity index (χ0v) is 14.2. The molecule has 4 heteroatoms. The number of alkyl halides is 1. The smallest absolute Gasteiger partial charge is 0.137 e. The molecule has 0 saturated heterocycles. The van der Waals surface area contributed by atoms with E-state index in [0.29, 0.717) is 5.92 Å². The van der Waals surface area contributed by atoms with Gasteiger partial charge in [-0.05, 0) is 46.8 Å². The third-order valence-corrected chi connectivity index (χ3v) is 4.33. The normalized spacial score (nSPS) is 12.9. The summed E-state index contributed by atoms with van der Waals surface area (Å²) >= 11 is 13.3. The third-order valence-electron chi connectivity index (χ3n) is 2.58. The maximum absolute atomic E-state index is 6.08. The first kappa shape index (κ1) is 15.3. The molecule has 1 nitrogen and oxygen atoms in total. The molecule has 0 aliphatic heterocycles. The van der Waals surface area contributed by atoms with Crippen LogP contribution in [0, 0.1) is 5.92 Å². The van der Waals surface area contributed by atoms with Crippen LogP contribution in [0.2, 0.25) is 5.02 Å². The van der Waals surface area contributed by atoms with Crippen LogP contribution in [0.3, 0.4) is 0 Å². The molecule has 0 amide bonds. The van der Waals surface area contributed by atoms with Gasteiger partial charge in [0.1, 0.15) is 5.75 Å². The highest BCUT2D eigenvalue weighted by Crippen LogP contribution is 2.41. The highest BCUT2D eigenvalue weighted by molar-refractivity contribution is 9.10. The lowest BCUT2D eigenvalue weighted by Crippen LogP contribution is -1.98. The highest BCUT2D eigenvalue weighted by atomic mass is 79.9. The molecule has 1 rings (SSSR count). The van der Waals surface area contributed by atoms with E-state index in [0.717, 1.165) is 27.2 Å². The van der Waals surface area contributed by atoms with Crippen LogP contribution in [0.15, 0.2) is 16.6 Å². The Morgan fingerprint density at radius 1 is 1.29 bits per heavy atom. The van der Waals surface area contributed by atoms with E-state index < -0.39 is 0 Å². The van der Waals surface area contributed by atoms with Gasteiger partial charge in [-0.2, -0.15) is 0 Å². The van der Waals surface area contributed by atoms with Crippen molar-refractivity contribution in [2.45, 2.75) is 31.5 Å². The molecule has 0 N–H and O–H groups in total. The van der Waals surface area contributed by atoms with Gasteiger partial charge in [-0.15, -0.1) is 0 Å². The molecule has 1 aromatic carbocycles. The molecule has 17 heavy (non-hydrogen) atoms. The second-order valence-corrected chi connectivity index (χ2v) is 6.84. The van der Waals surface area contributed by atoms with Gasteiger partial charge in [0.25, 0.3) is 0 Å². The summed E-state index contributed by atoms with van der Waals surface area (Å²) in [5.74, 6) is 1.56. The van der Waals surface area contributed by atoms with Crippen molar-refractivity contribution in [3.05, 3.63) is 27.2 Å². The summed E-state index contributed by atoms with van der Waals surface area (Å²) in [7, 11) is 1.68. The summed E-state index contributed by atoms with van der Waals surface area (Å²) in [6.07, 6.45) is 2.24. The van der Waals surface area contributed by atoms with E-state index in [1.165, 1.54) is 6.42 Å². The summed E-state index contributed by atoms with van der Waals surface area (Å²) < 4.78 is 6.32. The van der Waals surface area contributed by atoms with Gasteiger partial charge in [0, 0.05) is 15.4 Å². The van der Waals surface area contributed by atoms with Crippen LogP contribution in [-0.4, -0.2) is 7.11 Å². The van der Waals surface area contributed by atoms with Gasteiger partial charge in [-0.25, -0.2) is 0 Å². The van der Waals surface area contributed by atoms with Crippen molar-refractivity contribution in [3.63, 3.8) is 0 Å². The average Bonchev–Trinajstić information content (AvgIpc) is 2.24. The van der Waals surface area contributed by atoms with Crippen molar-refractivity contribution in [1.29, 1.82) is 0 Å². The van der Waals surface area contributed by atoms with Crippen LogP contribution >= 0.6 is 43.5 Å². The fourth-order valence-electron chi connectivity index (χ4n) is 1.66. The quantitative estimate of drug-likeness (QED) is 0.567. The zero-order valence-electron chi connectivity index (χ0n) is 10.3. The van der Waals surface area contributed by atoms with Crippen molar-refractivity contribution < 1.29 is 4.74 Å². The van der Waals surface area contributed by atoms with E-state index in [1.54, 1.807) is 7.11 Å². The van der Waals surface area contributed by atoms with E-state index in [9.17, 15) is 0 Å². The van der Waals surface area contributed by atoms with Crippen LogP contribution in [0.4, 0.5) is 0 Å². The Morgan fingerprint density at radius 3 is 2.47 bits per heavy atom. The molecule has 1 atom stereocenters. The fourth-order valence-corrected chi connectivity index (χ4v) is 3.26. The van der Waals surface area contributed by atoms with Crippen LogP contribution < -0.4 is 4.74 Å². The summed E-state index contributed by atoms with van der Waals surface area (Å²) in [4.78, 5) is 0.273. The lowest BCUT2D eigenvalue weighted by atomic mass is 10.0. The van der Waals surface area contributed by atoms with Crippen molar-refractivity contribution >= 4 is 43.5 Å². The Labute approximate surface area is 125 Å². The number of halogens is 3. The Hall–Kier alpha value is 0.270. The minimum Gasteiger partial charge on any atom is -0.495 e. The number of hydrogen-bond donors (Lipinski definition) is 0. The number of hydrogen-bond acceptors (Lipinski definition) is 1. The summed E-state index contributed by atoms with van der Waals surface area (Å²) in [5.41, 5.74) is 1.10. The van der Waals surface area contributed by atoms with E-state index in [2.05, 4.69) is 45.7 Å². The summed E-state index contributed by atoms with van der Waals surface area (Å²) in [5, 5.41) is 0.724. The van der Waals surface area contributed by atoms with Crippen LogP contribution in [-0.2, 0) is 0 Å². The second kappa shape index (κ2) is 7.01. The Morgan fingerprint density at radius 2 is 1.94 bits per heavy atom. The van der Waals surface area contributed by atoms with Crippen LogP contribution in [0.1, 0.15) is 37.1 Å². The third kappa shape index (κ3) is 4.46. The maximum Gasteiger partial charge on any atom is 0.137 e. The lowest BCUT2D eigenvalue weighted by Gasteiger charge is -2.17. The largest absolute Gasteiger partial charge is 0.495 e. The maximum atomic E-state index is 6.08. The van der Waals surface area contributed by atoms with Gasteiger partial charge in [-0.1, -0.05) is 41.4 Å².